The Morgan fingerprint density at radius 1 is 1.13 bits per heavy atom. The summed E-state index contributed by atoms with van der Waals surface area (Å²) in [6.45, 7) is 7.33. The van der Waals surface area contributed by atoms with Crippen molar-refractivity contribution in [3.63, 3.8) is 0 Å². The Balaban J connectivity index is 1.58. The van der Waals surface area contributed by atoms with E-state index >= 15 is 0 Å². The molecule has 0 spiro atoms. The van der Waals surface area contributed by atoms with Gasteiger partial charge in [0.1, 0.15) is 22.7 Å². The van der Waals surface area contributed by atoms with Gasteiger partial charge in [0.05, 0.1) is 5.52 Å². The van der Waals surface area contributed by atoms with Crippen LogP contribution in [0.1, 0.15) is 41.4 Å². The first-order chi connectivity index (χ1) is 18.3. The molecule has 3 aromatic heterocycles. The second-order valence-corrected chi connectivity index (χ2v) is 10.3. The molecule has 8 nitrogen and oxygen atoms in total. The van der Waals surface area contributed by atoms with Gasteiger partial charge in [-0.1, -0.05) is 18.2 Å². The van der Waals surface area contributed by atoms with Gasteiger partial charge in [0.25, 0.3) is 11.5 Å². The maximum absolute atomic E-state index is 13.0. The Morgan fingerprint density at radius 2 is 1.89 bits per heavy atom. The highest BCUT2D eigenvalue weighted by atomic mass is 16.5. The van der Waals surface area contributed by atoms with E-state index in [0.717, 1.165) is 45.5 Å². The minimum Gasteiger partial charge on any atom is -0.456 e. The molecule has 2 aromatic carbocycles. The number of rotatable bonds is 7. The minimum absolute atomic E-state index is 0.202. The Labute approximate surface area is 220 Å². The van der Waals surface area contributed by atoms with Gasteiger partial charge < -0.3 is 19.6 Å². The summed E-state index contributed by atoms with van der Waals surface area (Å²) in [5.74, 6) is 1.92. The second-order valence-electron chi connectivity index (χ2n) is 10.3. The van der Waals surface area contributed by atoms with Crippen LogP contribution in [0.25, 0.3) is 32.9 Å². The maximum Gasteiger partial charge on any atom is 0.274 e. The van der Waals surface area contributed by atoms with Crippen molar-refractivity contribution in [1.82, 2.24) is 24.6 Å². The number of aromatic nitrogens is 4. The fourth-order valence-electron chi connectivity index (χ4n) is 5.05. The van der Waals surface area contributed by atoms with Crippen LogP contribution in [0.15, 0.2) is 53.6 Å². The second kappa shape index (κ2) is 9.20. The lowest BCUT2D eigenvalue weighted by atomic mass is 10.0. The number of aryl methyl sites for hydroxylation is 3. The van der Waals surface area contributed by atoms with Gasteiger partial charge in [0.2, 0.25) is 0 Å². The van der Waals surface area contributed by atoms with Gasteiger partial charge in [-0.2, -0.15) is 5.10 Å². The van der Waals surface area contributed by atoms with E-state index in [1.54, 1.807) is 19.3 Å². The van der Waals surface area contributed by atoms with Crippen molar-refractivity contribution >= 4 is 27.7 Å². The fourth-order valence-corrected chi connectivity index (χ4v) is 5.05. The van der Waals surface area contributed by atoms with Crippen LogP contribution < -0.4 is 15.6 Å². The molecule has 5 aromatic rings. The molecule has 1 amide bonds. The van der Waals surface area contributed by atoms with E-state index in [1.165, 1.54) is 17.4 Å². The number of H-pyrrole nitrogens is 1. The highest BCUT2D eigenvalue weighted by molar-refractivity contribution is 6.04. The zero-order valence-electron chi connectivity index (χ0n) is 22.1. The summed E-state index contributed by atoms with van der Waals surface area (Å²) in [7, 11) is 1.72. The molecule has 0 bridgehead atoms. The largest absolute Gasteiger partial charge is 0.456 e. The number of carbonyl (C=O) groups is 1. The number of pyridine rings is 1. The molecular formula is C30H31N5O3. The number of benzene rings is 2. The molecule has 0 aliphatic heterocycles. The van der Waals surface area contributed by atoms with Crippen molar-refractivity contribution in [2.45, 2.75) is 40.2 Å². The molecule has 1 aliphatic carbocycles. The summed E-state index contributed by atoms with van der Waals surface area (Å²) in [5, 5.41) is 9.32. The standard InChI is InChI=1S/C30H31N5O3/c1-5-31-29(36)25-13-22-23(16-34(4)30(37)27(22)32-25)21-12-24-20(15-35(33-24)14-19-9-10-19)11-26(21)38-28-17(2)7-6-8-18(28)3/h6-8,11-13,15-16,19,32H,5,9-10,14H2,1-4H3,(H,31,36). The van der Waals surface area contributed by atoms with Crippen molar-refractivity contribution in [3.8, 4) is 22.6 Å². The molecule has 2 N–H and O–H groups in total. The Kier molecular flexibility index (Phi) is 5.82. The minimum atomic E-state index is -0.252. The van der Waals surface area contributed by atoms with Crippen LogP contribution in [0.3, 0.4) is 0 Å². The van der Waals surface area contributed by atoms with Gasteiger partial charge in [0.15, 0.2) is 0 Å². The number of para-hydroxylation sites is 1. The smallest absolute Gasteiger partial charge is 0.274 e. The molecule has 1 saturated carbocycles. The fraction of sp³-hybridized carbons (Fsp3) is 0.300. The van der Waals surface area contributed by atoms with Gasteiger partial charge in [-0.15, -0.1) is 0 Å². The molecule has 0 saturated heterocycles. The summed E-state index contributed by atoms with van der Waals surface area (Å²) >= 11 is 0. The summed E-state index contributed by atoms with van der Waals surface area (Å²) in [5.41, 5.74) is 5.04. The van der Waals surface area contributed by atoms with Crippen LogP contribution in [0.5, 0.6) is 11.5 Å². The summed E-state index contributed by atoms with van der Waals surface area (Å²) in [6.07, 6.45) is 6.38. The summed E-state index contributed by atoms with van der Waals surface area (Å²) in [4.78, 5) is 28.7. The van der Waals surface area contributed by atoms with E-state index in [0.29, 0.717) is 34.8 Å². The average molecular weight is 510 g/mol. The third-order valence-corrected chi connectivity index (χ3v) is 7.25. The topological polar surface area (TPSA) is 93.9 Å². The lowest BCUT2D eigenvalue weighted by molar-refractivity contribution is 0.0951. The number of amides is 1. The van der Waals surface area contributed by atoms with Gasteiger partial charge in [-0.05, 0) is 68.9 Å². The molecule has 194 valence electrons. The SMILES string of the molecule is CCNC(=O)c1cc2c(-c3cc4nn(CC5CC5)cc4cc3Oc3c(C)cccc3C)cn(C)c(=O)c2[nH]1. The molecule has 0 atom stereocenters. The van der Waals surface area contributed by atoms with Crippen LogP contribution >= 0.6 is 0 Å². The molecular weight excluding hydrogens is 478 g/mol. The monoisotopic (exact) mass is 509 g/mol. The first-order valence-corrected chi connectivity index (χ1v) is 13.1. The summed E-state index contributed by atoms with van der Waals surface area (Å²) in [6, 6.07) is 11.9. The Morgan fingerprint density at radius 3 is 2.61 bits per heavy atom. The van der Waals surface area contributed by atoms with E-state index in [4.69, 9.17) is 9.84 Å². The molecule has 0 radical (unpaired) electrons. The maximum atomic E-state index is 13.0. The quantitative estimate of drug-likeness (QED) is 0.305. The Hall–Kier alpha value is -4.33. The van der Waals surface area contributed by atoms with Gasteiger partial charge >= 0.3 is 0 Å². The molecule has 1 aliphatic rings. The van der Waals surface area contributed by atoms with Crippen LogP contribution in [0.4, 0.5) is 0 Å². The number of hydrogen-bond donors (Lipinski definition) is 2. The average Bonchev–Trinajstić information content (AvgIpc) is 3.43. The highest BCUT2D eigenvalue weighted by Gasteiger charge is 2.24. The molecule has 8 heteroatoms. The first-order valence-electron chi connectivity index (χ1n) is 13.1. The number of fused-ring (bicyclic) bond motifs is 2. The van der Waals surface area contributed by atoms with E-state index in [2.05, 4.69) is 16.5 Å². The molecule has 3 heterocycles. The number of ether oxygens (including phenoxy) is 1. The highest BCUT2D eigenvalue weighted by Crippen LogP contribution is 2.41. The molecule has 6 rings (SSSR count). The van der Waals surface area contributed by atoms with Crippen molar-refractivity contribution < 1.29 is 9.53 Å². The summed E-state index contributed by atoms with van der Waals surface area (Å²) < 4.78 is 10.2. The lowest BCUT2D eigenvalue weighted by Gasteiger charge is -2.16. The van der Waals surface area contributed by atoms with Crippen molar-refractivity contribution in [3.05, 3.63) is 76.0 Å². The first kappa shape index (κ1) is 24.0. The van der Waals surface area contributed by atoms with E-state index < -0.39 is 0 Å². The Bertz CT molecular complexity index is 1750. The van der Waals surface area contributed by atoms with E-state index in [9.17, 15) is 9.59 Å². The zero-order valence-corrected chi connectivity index (χ0v) is 22.1. The number of nitrogens with zero attached hydrogens (tertiary/aromatic N) is 3. The van der Waals surface area contributed by atoms with E-state index in [1.807, 2.05) is 55.8 Å². The molecule has 0 unspecified atom stereocenters. The number of nitrogens with one attached hydrogen (secondary N) is 2. The van der Waals surface area contributed by atoms with Crippen LogP contribution in [0, 0.1) is 19.8 Å². The number of carbonyl (C=O) groups excluding carboxylic acids is 1. The molecule has 1 fully saturated rings. The molecule has 38 heavy (non-hydrogen) atoms. The van der Waals surface area contributed by atoms with Gasteiger partial charge in [-0.25, -0.2) is 0 Å². The zero-order chi connectivity index (χ0) is 26.6. The van der Waals surface area contributed by atoms with Crippen LogP contribution in [0.2, 0.25) is 0 Å². The van der Waals surface area contributed by atoms with Crippen LogP contribution in [-0.2, 0) is 13.6 Å². The third kappa shape index (κ3) is 4.26. The number of aromatic amines is 1. The number of hydrogen-bond acceptors (Lipinski definition) is 4. The van der Waals surface area contributed by atoms with E-state index in [-0.39, 0.29) is 11.5 Å². The predicted octanol–water partition coefficient (Wildman–Crippen LogP) is 5.45. The van der Waals surface area contributed by atoms with Crippen molar-refractivity contribution in [1.29, 1.82) is 0 Å². The van der Waals surface area contributed by atoms with Crippen LogP contribution in [-0.4, -0.2) is 31.8 Å². The van der Waals surface area contributed by atoms with Crippen molar-refractivity contribution in [2.75, 3.05) is 6.54 Å². The third-order valence-electron chi connectivity index (χ3n) is 7.25. The predicted molar refractivity (Wildman–Crippen MR) is 149 cm³/mol. The van der Waals surface area contributed by atoms with Gasteiger partial charge in [-0.3, -0.25) is 14.3 Å². The lowest BCUT2D eigenvalue weighted by Crippen LogP contribution is -2.23. The van der Waals surface area contributed by atoms with Gasteiger partial charge in [0, 0.05) is 54.4 Å². The normalized spacial score (nSPS) is 13.4. The van der Waals surface area contributed by atoms with Crippen molar-refractivity contribution in [2.24, 2.45) is 13.0 Å².